The van der Waals surface area contributed by atoms with Gasteiger partial charge >= 0.3 is 5.97 Å². The molecular formula is C11H14N2O6. The maximum atomic E-state index is 11.0. The SMILES string of the molecule is O=C(O)c1cccc([N+](=O)[O-])c1NCCOCCO. The summed E-state index contributed by atoms with van der Waals surface area (Å²) in [5, 5.41) is 31.0. The number of para-hydroxylation sites is 1. The van der Waals surface area contributed by atoms with E-state index in [-0.39, 0.29) is 43.3 Å². The lowest BCUT2D eigenvalue weighted by Crippen LogP contribution is -2.14. The molecule has 0 amide bonds. The molecule has 0 saturated heterocycles. The van der Waals surface area contributed by atoms with Crippen molar-refractivity contribution in [1.82, 2.24) is 0 Å². The van der Waals surface area contributed by atoms with Crippen LogP contribution in [0.4, 0.5) is 11.4 Å². The molecule has 1 rings (SSSR count). The number of nitro benzene ring substituents is 1. The van der Waals surface area contributed by atoms with Gasteiger partial charge in [-0.05, 0) is 6.07 Å². The second-order valence-electron chi connectivity index (χ2n) is 3.52. The van der Waals surface area contributed by atoms with Crippen molar-refractivity contribution in [3.05, 3.63) is 33.9 Å². The van der Waals surface area contributed by atoms with Gasteiger partial charge in [0.25, 0.3) is 5.69 Å². The highest BCUT2D eigenvalue weighted by molar-refractivity contribution is 5.96. The molecular weight excluding hydrogens is 256 g/mol. The summed E-state index contributed by atoms with van der Waals surface area (Å²) >= 11 is 0. The van der Waals surface area contributed by atoms with Crippen molar-refractivity contribution in [1.29, 1.82) is 0 Å². The van der Waals surface area contributed by atoms with Gasteiger partial charge in [0, 0.05) is 12.6 Å². The van der Waals surface area contributed by atoms with Crippen LogP contribution in [0.25, 0.3) is 0 Å². The van der Waals surface area contributed by atoms with Crippen molar-refractivity contribution in [2.45, 2.75) is 0 Å². The van der Waals surface area contributed by atoms with Crippen molar-refractivity contribution >= 4 is 17.3 Å². The molecule has 3 N–H and O–H groups in total. The molecule has 0 unspecified atom stereocenters. The highest BCUT2D eigenvalue weighted by Gasteiger charge is 2.20. The summed E-state index contributed by atoms with van der Waals surface area (Å²) in [7, 11) is 0. The van der Waals surface area contributed by atoms with E-state index in [0.717, 1.165) is 0 Å². The number of rotatable bonds is 8. The molecule has 0 bridgehead atoms. The Balaban J connectivity index is 2.83. The topological polar surface area (TPSA) is 122 Å². The zero-order valence-corrected chi connectivity index (χ0v) is 10.0. The first-order chi connectivity index (χ1) is 9.07. The molecule has 0 aliphatic carbocycles. The third-order valence-corrected chi connectivity index (χ3v) is 2.25. The number of carbonyl (C=O) groups is 1. The molecule has 0 fully saturated rings. The van der Waals surface area contributed by atoms with Gasteiger partial charge in [-0.3, -0.25) is 10.1 Å². The number of aliphatic hydroxyl groups is 1. The van der Waals surface area contributed by atoms with Crippen LogP contribution < -0.4 is 5.32 Å². The number of hydrogen-bond acceptors (Lipinski definition) is 6. The summed E-state index contributed by atoms with van der Waals surface area (Å²) in [5.74, 6) is -1.25. The Morgan fingerprint density at radius 3 is 2.74 bits per heavy atom. The summed E-state index contributed by atoms with van der Waals surface area (Å²) in [4.78, 5) is 21.2. The third-order valence-electron chi connectivity index (χ3n) is 2.25. The first-order valence-corrected chi connectivity index (χ1v) is 5.51. The Bertz CT molecular complexity index is 430. The molecule has 0 aliphatic rings. The summed E-state index contributed by atoms with van der Waals surface area (Å²) in [6, 6.07) is 3.82. The average Bonchev–Trinajstić information content (AvgIpc) is 2.38. The smallest absolute Gasteiger partial charge is 0.338 e. The van der Waals surface area contributed by atoms with E-state index in [1.54, 1.807) is 0 Å². The number of benzene rings is 1. The van der Waals surface area contributed by atoms with E-state index in [0.29, 0.717) is 0 Å². The molecule has 8 heteroatoms. The molecule has 0 radical (unpaired) electrons. The van der Waals surface area contributed by atoms with Crippen LogP contribution in [0.15, 0.2) is 18.2 Å². The van der Waals surface area contributed by atoms with E-state index in [9.17, 15) is 14.9 Å². The first kappa shape index (κ1) is 14.9. The van der Waals surface area contributed by atoms with Crippen LogP contribution in [0.3, 0.4) is 0 Å². The first-order valence-electron chi connectivity index (χ1n) is 5.51. The lowest BCUT2D eigenvalue weighted by Gasteiger charge is -2.10. The van der Waals surface area contributed by atoms with Gasteiger partial charge < -0.3 is 20.3 Å². The Hall–Kier alpha value is -2.19. The Labute approximate surface area is 108 Å². The highest BCUT2D eigenvalue weighted by atomic mass is 16.6. The van der Waals surface area contributed by atoms with Gasteiger partial charge in [0.05, 0.1) is 30.3 Å². The Kier molecular flexibility index (Phi) is 5.71. The second-order valence-corrected chi connectivity index (χ2v) is 3.52. The van der Waals surface area contributed by atoms with E-state index < -0.39 is 10.9 Å². The minimum absolute atomic E-state index is 0.0485. The maximum Gasteiger partial charge on any atom is 0.338 e. The third kappa shape index (κ3) is 4.19. The minimum atomic E-state index is -1.25. The van der Waals surface area contributed by atoms with E-state index in [1.165, 1.54) is 18.2 Å². The van der Waals surface area contributed by atoms with Gasteiger partial charge in [0.1, 0.15) is 5.69 Å². The normalized spacial score (nSPS) is 10.2. The monoisotopic (exact) mass is 270 g/mol. The average molecular weight is 270 g/mol. The molecule has 0 saturated carbocycles. The molecule has 0 heterocycles. The number of hydrogen-bond donors (Lipinski definition) is 3. The molecule has 104 valence electrons. The Morgan fingerprint density at radius 2 is 2.16 bits per heavy atom. The fourth-order valence-electron chi connectivity index (χ4n) is 1.47. The molecule has 0 aliphatic heterocycles. The molecule has 1 aromatic carbocycles. The number of ether oxygens (including phenoxy) is 1. The van der Waals surface area contributed by atoms with Crippen molar-refractivity contribution in [2.75, 3.05) is 31.7 Å². The zero-order chi connectivity index (χ0) is 14.3. The number of nitrogens with zero attached hydrogens (tertiary/aromatic N) is 1. The summed E-state index contributed by atoms with van der Waals surface area (Å²) in [5.41, 5.74) is -0.522. The van der Waals surface area contributed by atoms with Crippen LogP contribution in [0.1, 0.15) is 10.4 Å². The minimum Gasteiger partial charge on any atom is -0.478 e. The fraction of sp³-hybridized carbons (Fsp3) is 0.364. The summed E-state index contributed by atoms with van der Waals surface area (Å²) in [6.45, 7) is 0.438. The fourth-order valence-corrected chi connectivity index (χ4v) is 1.47. The van der Waals surface area contributed by atoms with Crippen molar-refractivity contribution in [2.24, 2.45) is 0 Å². The lowest BCUT2D eigenvalue weighted by molar-refractivity contribution is -0.384. The number of aliphatic hydroxyl groups excluding tert-OH is 1. The second kappa shape index (κ2) is 7.29. The predicted octanol–water partition coefficient (Wildman–Crippen LogP) is 0.714. The molecule has 0 spiro atoms. The van der Waals surface area contributed by atoms with Gasteiger partial charge in [-0.15, -0.1) is 0 Å². The van der Waals surface area contributed by atoms with Crippen LogP contribution in [0.2, 0.25) is 0 Å². The number of carboxylic acid groups (broad SMARTS) is 1. The van der Waals surface area contributed by atoms with Crippen LogP contribution in [0, 0.1) is 10.1 Å². The van der Waals surface area contributed by atoms with E-state index in [4.69, 9.17) is 14.9 Å². The number of carboxylic acids is 1. The highest BCUT2D eigenvalue weighted by Crippen LogP contribution is 2.28. The zero-order valence-electron chi connectivity index (χ0n) is 10.0. The van der Waals surface area contributed by atoms with Crippen molar-refractivity contribution in [3.63, 3.8) is 0 Å². The van der Waals surface area contributed by atoms with Gasteiger partial charge in [-0.1, -0.05) is 6.07 Å². The predicted molar refractivity (Wildman–Crippen MR) is 66.5 cm³/mol. The van der Waals surface area contributed by atoms with Gasteiger partial charge in [0.2, 0.25) is 0 Å². The summed E-state index contributed by atoms with van der Waals surface area (Å²) < 4.78 is 4.98. The number of nitrogens with one attached hydrogen (secondary N) is 1. The largest absolute Gasteiger partial charge is 0.478 e. The maximum absolute atomic E-state index is 11.0. The van der Waals surface area contributed by atoms with Crippen LogP contribution in [0.5, 0.6) is 0 Å². The Morgan fingerprint density at radius 1 is 1.42 bits per heavy atom. The van der Waals surface area contributed by atoms with Crippen LogP contribution in [-0.2, 0) is 4.74 Å². The number of aromatic carboxylic acids is 1. The standard InChI is InChI=1S/C11H14N2O6/c14-5-7-19-6-4-12-10-8(11(15)16)2-1-3-9(10)13(17)18/h1-3,12,14H,4-7H2,(H,15,16). The number of nitro groups is 1. The van der Waals surface area contributed by atoms with Crippen molar-refractivity contribution in [3.8, 4) is 0 Å². The van der Waals surface area contributed by atoms with E-state index in [1.807, 2.05) is 0 Å². The summed E-state index contributed by atoms with van der Waals surface area (Å²) in [6.07, 6.45) is 0. The van der Waals surface area contributed by atoms with Gasteiger partial charge in [-0.25, -0.2) is 4.79 Å². The van der Waals surface area contributed by atoms with E-state index in [2.05, 4.69) is 5.32 Å². The molecule has 19 heavy (non-hydrogen) atoms. The van der Waals surface area contributed by atoms with E-state index >= 15 is 0 Å². The molecule has 1 aromatic rings. The number of anilines is 1. The molecule has 0 aromatic heterocycles. The van der Waals surface area contributed by atoms with Crippen LogP contribution in [-0.4, -0.2) is 47.5 Å². The quantitative estimate of drug-likeness (QED) is 0.361. The van der Waals surface area contributed by atoms with Crippen molar-refractivity contribution < 1.29 is 24.7 Å². The van der Waals surface area contributed by atoms with Crippen LogP contribution >= 0.6 is 0 Å². The lowest BCUT2D eigenvalue weighted by atomic mass is 10.1. The molecule has 0 atom stereocenters. The molecule has 8 nitrogen and oxygen atoms in total. The van der Waals surface area contributed by atoms with Gasteiger partial charge in [0.15, 0.2) is 0 Å². The van der Waals surface area contributed by atoms with Gasteiger partial charge in [-0.2, -0.15) is 0 Å².